The molecular formula is C29H23NO6. The molecule has 3 aromatic carbocycles. The SMILES string of the molecule is CCOc1ccccc1N1C(=O)[C@@H]2[C@@H](C1=O)C1(O[C@H]2c2ccc(C)cc2)C(=O)c2ccccc2C1=O. The molecule has 1 aliphatic carbocycles. The molecule has 7 heteroatoms. The van der Waals surface area contributed by atoms with E-state index in [-0.39, 0.29) is 16.8 Å². The number of para-hydroxylation sites is 2. The van der Waals surface area contributed by atoms with Crippen LogP contribution in [0.1, 0.15) is 44.9 Å². The number of nitrogens with zero attached hydrogens (tertiary/aromatic N) is 1. The standard InChI is InChI=1S/C29H23NO6/c1-3-35-21-11-7-6-10-20(21)30-27(33)22-23(28(30)34)29(36-24(22)17-14-12-16(2)13-15-17)25(31)18-8-4-5-9-19(18)26(29)32/h4-15,22-24H,3H2,1-2H3/t22-,23+,24+/m1/s1. The molecule has 3 aliphatic rings. The van der Waals surface area contributed by atoms with Gasteiger partial charge < -0.3 is 9.47 Å². The Morgan fingerprint density at radius 2 is 1.44 bits per heavy atom. The highest BCUT2D eigenvalue weighted by atomic mass is 16.5. The van der Waals surface area contributed by atoms with E-state index in [0.29, 0.717) is 17.9 Å². The second-order valence-electron chi connectivity index (χ2n) is 9.30. The number of benzene rings is 3. The van der Waals surface area contributed by atoms with Gasteiger partial charge in [-0.25, -0.2) is 4.90 Å². The highest BCUT2D eigenvalue weighted by Gasteiger charge is 2.74. The van der Waals surface area contributed by atoms with Gasteiger partial charge in [-0.1, -0.05) is 66.2 Å². The summed E-state index contributed by atoms with van der Waals surface area (Å²) in [7, 11) is 0. The summed E-state index contributed by atoms with van der Waals surface area (Å²) in [5.74, 6) is -4.27. The minimum absolute atomic E-state index is 0.208. The number of imide groups is 1. The van der Waals surface area contributed by atoms with Crippen molar-refractivity contribution in [2.24, 2.45) is 11.8 Å². The zero-order valence-corrected chi connectivity index (χ0v) is 19.8. The van der Waals surface area contributed by atoms with Gasteiger partial charge in [-0.15, -0.1) is 0 Å². The van der Waals surface area contributed by atoms with Crippen molar-refractivity contribution < 1.29 is 28.7 Å². The van der Waals surface area contributed by atoms with Gasteiger partial charge in [-0.05, 0) is 31.5 Å². The van der Waals surface area contributed by atoms with Crippen LogP contribution in [0.25, 0.3) is 0 Å². The number of carbonyl (C=O) groups excluding carboxylic acids is 4. The number of hydrogen-bond acceptors (Lipinski definition) is 6. The monoisotopic (exact) mass is 481 g/mol. The molecule has 1 spiro atoms. The summed E-state index contributed by atoms with van der Waals surface area (Å²) in [4.78, 5) is 56.7. The maximum absolute atomic E-state index is 14.1. The molecule has 3 aromatic rings. The van der Waals surface area contributed by atoms with E-state index in [1.54, 1.807) is 48.5 Å². The normalized spacial score (nSPS) is 23.9. The van der Waals surface area contributed by atoms with Gasteiger partial charge in [0.25, 0.3) is 0 Å². The molecule has 36 heavy (non-hydrogen) atoms. The zero-order valence-electron chi connectivity index (χ0n) is 19.8. The minimum atomic E-state index is -2.09. The van der Waals surface area contributed by atoms with Gasteiger partial charge in [0.2, 0.25) is 29.0 Å². The van der Waals surface area contributed by atoms with Crippen LogP contribution >= 0.6 is 0 Å². The molecule has 2 heterocycles. The van der Waals surface area contributed by atoms with Crippen LogP contribution in [0.2, 0.25) is 0 Å². The van der Waals surface area contributed by atoms with Crippen LogP contribution < -0.4 is 9.64 Å². The fourth-order valence-electron chi connectivity index (χ4n) is 5.73. The van der Waals surface area contributed by atoms with Gasteiger partial charge in [0.05, 0.1) is 30.2 Å². The van der Waals surface area contributed by atoms with Crippen molar-refractivity contribution in [1.82, 2.24) is 0 Å². The summed E-state index contributed by atoms with van der Waals surface area (Å²) in [6.07, 6.45) is -0.946. The first kappa shape index (κ1) is 22.4. The van der Waals surface area contributed by atoms with E-state index < -0.39 is 46.9 Å². The molecule has 6 rings (SSSR count). The Balaban J connectivity index is 1.54. The zero-order chi connectivity index (χ0) is 25.2. The summed E-state index contributed by atoms with van der Waals surface area (Å²) >= 11 is 0. The topological polar surface area (TPSA) is 90.0 Å². The lowest BCUT2D eigenvalue weighted by Crippen LogP contribution is -2.51. The third-order valence-corrected chi connectivity index (χ3v) is 7.33. The van der Waals surface area contributed by atoms with Crippen LogP contribution in [0.4, 0.5) is 5.69 Å². The molecule has 0 saturated carbocycles. The van der Waals surface area contributed by atoms with Crippen LogP contribution in [-0.2, 0) is 14.3 Å². The molecule has 0 unspecified atom stereocenters. The highest BCUT2D eigenvalue weighted by molar-refractivity contribution is 6.37. The molecule has 0 radical (unpaired) electrons. The van der Waals surface area contributed by atoms with Crippen molar-refractivity contribution in [3.8, 4) is 5.75 Å². The van der Waals surface area contributed by atoms with Crippen molar-refractivity contribution in [2.45, 2.75) is 25.6 Å². The Morgan fingerprint density at radius 1 is 0.833 bits per heavy atom. The van der Waals surface area contributed by atoms with E-state index in [4.69, 9.17) is 9.47 Å². The first-order valence-corrected chi connectivity index (χ1v) is 11.9. The second-order valence-corrected chi connectivity index (χ2v) is 9.30. The number of aryl methyl sites for hydroxylation is 1. The first-order valence-electron chi connectivity index (χ1n) is 11.9. The molecule has 2 aliphatic heterocycles. The second kappa shape index (κ2) is 7.96. The largest absolute Gasteiger partial charge is 0.492 e. The Bertz CT molecular complexity index is 1410. The van der Waals surface area contributed by atoms with Crippen LogP contribution in [0.5, 0.6) is 5.75 Å². The van der Waals surface area contributed by atoms with Crippen molar-refractivity contribution in [1.29, 1.82) is 0 Å². The average molecular weight is 482 g/mol. The number of hydrogen-bond donors (Lipinski definition) is 0. The number of carbonyl (C=O) groups is 4. The summed E-state index contributed by atoms with van der Waals surface area (Å²) in [5, 5.41) is 0. The van der Waals surface area contributed by atoms with E-state index in [1.807, 2.05) is 38.1 Å². The Hall–Kier alpha value is -4.10. The lowest BCUT2D eigenvalue weighted by Gasteiger charge is -2.27. The summed E-state index contributed by atoms with van der Waals surface area (Å²) in [5.41, 5.74) is 0.247. The summed E-state index contributed by atoms with van der Waals surface area (Å²) in [6.45, 7) is 4.08. The summed E-state index contributed by atoms with van der Waals surface area (Å²) in [6, 6.07) is 20.6. The lowest BCUT2D eigenvalue weighted by atomic mass is 9.77. The fraction of sp³-hybridized carbons (Fsp3) is 0.241. The van der Waals surface area contributed by atoms with Crippen LogP contribution in [0.3, 0.4) is 0 Å². The molecule has 2 fully saturated rings. The summed E-state index contributed by atoms with van der Waals surface area (Å²) < 4.78 is 12.0. The van der Waals surface area contributed by atoms with Crippen LogP contribution in [-0.4, -0.2) is 35.6 Å². The third-order valence-electron chi connectivity index (χ3n) is 7.33. The van der Waals surface area contributed by atoms with E-state index in [9.17, 15) is 19.2 Å². The van der Waals surface area contributed by atoms with Crippen molar-refractivity contribution >= 4 is 29.1 Å². The van der Waals surface area contributed by atoms with Crippen LogP contribution in [0, 0.1) is 18.8 Å². The fourth-order valence-corrected chi connectivity index (χ4v) is 5.73. The lowest BCUT2D eigenvalue weighted by molar-refractivity contribution is -0.127. The number of rotatable bonds is 4. The van der Waals surface area contributed by atoms with E-state index in [1.165, 1.54) is 0 Å². The molecule has 0 aromatic heterocycles. The smallest absolute Gasteiger partial charge is 0.241 e. The predicted octanol–water partition coefficient (Wildman–Crippen LogP) is 4.09. The van der Waals surface area contributed by atoms with Gasteiger partial charge in [-0.3, -0.25) is 19.2 Å². The van der Waals surface area contributed by atoms with Crippen LogP contribution in [0.15, 0.2) is 72.8 Å². The minimum Gasteiger partial charge on any atom is -0.492 e. The molecular weight excluding hydrogens is 458 g/mol. The number of fused-ring (bicyclic) bond motifs is 3. The Labute approximate surface area is 207 Å². The number of anilines is 1. The van der Waals surface area contributed by atoms with E-state index in [2.05, 4.69) is 0 Å². The number of amides is 2. The van der Waals surface area contributed by atoms with Crippen molar-refractivity contribution in [3.63, 3.8) is 0 Å². The van der Waals surface area contributed by atoms with Gasteiger partial charge in [-0.2, -0.15) is 0 Å². The van der Waals surface area contributed by atoms with E-state index >= 15 is 0 Å². The Kier molecular flexibility index (Phi) is 4.95. The molecule has 7 nitrogen and oxygen atoms in total. The van der Waals surface area contributed by atoms with E-state index in [0.717, 1.165) is 10.5 Å². The molecule has 3 atom stereocenters. The van der Waals surface area contributed by atoms with Gasteiger partial charge in [0.1, 0.15) is 5.75 Å². The molecule has 180 valence electrons. The third kappa shape index (κ3) is 2.83. The number of ether oxygens (including phenoxy) is 2. The Morgan fingerprint density at radius 3 is 2.08 bits per heavy atom. The maximum Gasteiger partial charge on any atom is 0.241 e. The number of ketones is 2. The highest BCUT2D eigenvalue weighted by Crippen LogP contribution is 2.58. The first-order chi connectivity index (χ1) is 17.4. The maximum atomic E-state index is 14.1. The van der Waals surface area contributed by atoms with Gasteiger partial charge in [0, 0.05) is 11.1 Å². The van der Waals surface area contributed by atoms with Gasteiger partial charge in [0.15, 0.2) is 0 Å². The molecule has 0 bridgehead atoms. The van der Waals surface area contributed by atoms with Crippen molar-refractivity contribution in [2.75, 3.05) is 11.5 Å². The quantitative estimate of drug-likeness (QED) is 0.412. The molecule has 2 amide bonds. The predicted molar refractivity (Wildman–Crippen MR) is 130 cm³/mol. The molecule has 2 saturated heterocycles. The van der Waals surface area contributed by atoms with Gasteiger partial charge >= 0.3 is 0 Å². The molecule has 0 N–H and O–H groups in total. The number of Topliss-reactive ketones (excluding diaryl/α,β-unsaturated/α-hetero) is 2. The average Bonchev–Trinajstić information content (AvgIpc) is 3.45. The van der Waals surface area contributed by atoms with Crippen molar-refractivity contribution in [3.05, 3.63) is 95.1 Å².